The molecule has 0 aliphatic carbocycles. The van der Waals surface area contributed by atoms with Gasteiger partial charge in [0.2, 0.25) is 0 Å². The maximum absolute atomic E-state index is 11.2. The Morgan fingerprint density at radius 3 is 2.62 bits per heavy atom. The van der Waals surface area contributed by atoms with Gasteiger partial charge in [0.15, 0.2) is 0 Å². The van der Waals surface area contributed by atoms with Gasteiger partial charge in [-0.15, -0.1) is 0 Å². The molecule has 1 aromatic rings. The van der Waals surface area contributed by atoms with Gasteiger partial charge in [-0.2, -0.15) is 0 Å². The van der Waals surface area contributed by atoms with Crippen LogP contribution in [0.2, 0.25) is 0 Å². The number of carbonyl (C=O) groups is 1. The van der Waals surface area contributed by atoms with Crippen LogP contribution in [0.5, 0.6) is 0 Å². The van der Waals surface area contributed by atoms with Crippen LogP contribution < -0.4 is 0 Å². The van der Waals surface area contributed by atoms with E-state index >= 15 is 0 Å². The SMILES string of the molecule is COC(=O)c1ccc(CN(C)C(C)C)nc1. The molecule has 4 heteroatoms. The van der Waals surface area contributed by atoms with Gasteiger partial charge in [0.25, 0.3) is 0 Å². The number of methoxy groups -OCH3 is 1. The second-order valence-electron chi connectivity index (χ2n) is 4.04. The summed E-state index contributed by atoms with van der Waals surface area (Å²) in [6, 6.07) is 4.06. The minimum atomic E-state index is -0.351. The van der Waals surface area contributed by atoms with Gasteiger partial charge in [-0.05, 0) is 33.0 Å². The van der Waals surface area contributed by atoms with Crippen molar-refractivity contribution in [3.8, 4) is 0 Å². The molecule has 4 nitrogen and oxygen atoms in total. The number of hydrogen-bond donors (Lipinski definition) is 0. The minimum absolute atomic E-state index is 0.351. The highest BCUT2D eigenvalue weighted by molar-refractivity contribution is 5.88. The van der Waals surface area contributed by atoms with Crippen LogP contribution in [0.15, 0.2) is 18.3 Å². The molecule has 88 valence electrons. The summed E-state index contributed by atoms with van der Waals surface area (Å²) in [4.78, 5) is 17.6. The number of pyridine rings is 1. The van der Waals surface area contributed by atoms with Crippen molar-refractivity contribution in [2.24, 2.45) is 0 Å². The third-order valence-electron chi connectivity index (χ3n) is 2.54. The second-order valence-corrected chi connectivity index (χ2v) is 4.04. The van der Waals surface area contributed by atoms with Crippen LogP contribution in [0.25, 0.3) is 0 Å². The van der Waals surface area contributed by atoms with Crippen molar-refractivity contribution >= 4 is 5.97 Å². The zero-order chi connectivity index (χ0) is 12.1. The third-order valence-corrected chi connectivity index (χ3v) is 2.54. The summed E-state index contributed by atoms with van der Waals surface area (Å²) in [6.07, 6.45) is 1.55. The van der Waals surface area contributed by atoms with E-state index in [0.717, 1.165) is 12.2 Å². The van der Waals surface area contributed by atoms with Gasteiger partial charge in [0.1, 0.15) is 0 Å². The number of carbonyl (C=O) groups excluding carboxylic acids is 1. The number of aromatic nitrogens is 1. The van der Waals surface area contributed by atoms with E-state index in [2.05, 4.69) is 28.5 Å². The highest BCUT2D eigenvalue weighted by atomic mass is 16.5. The van der Waals surface area contributed by atoms with Crippen LogP contribution >= 0.6 is 0 Å². The molecule has 0 N–H and O–H groups in total. The first-order valence-corrected chi connectivity index (χ1v) is 5.28. The van der Waals surface area contributed by atoms with Crippen molar-refractivity contribution in [3.05, 3.63) is 29.6 Å². The molecule has 0 aliphatic rings. The lowest BCUT2D eigenvalue weighted by atomic mass is 10.2. The topological polar surface area (TPSA) is 42.4 Å². The zero-order valence-corrected chi connectivity index (χ0v) is 10.2. The lowest BCUT2D eigenvalue weighted by Crippen LogP contribution is -2.26. The fourth-order valence-electron chi connectivity index (χ4n) is 1.19. The molecule has 0 aromatic carbocycles. The number of ether oxygens (including phenoxy) is 1. The Labute approximate surface area is 96.2 Å². The summed E-state index contributed by atoms with van der Waals surface area (Å²) in [5.74, 6) is -0.351. The van der Waals surface area contributed by atoms with Crippen LogP contribution in [0, 0.1) is 0 Å². The van der Waals surface area contributed by atoms with E-state index in [4.69, 9.17) is 0 Å². The number of hydrogen-bond acceptors (Lipinski definition) is 4. The Bertz CT molecular complexity index is 347. The molecule has 0 unspecified atom stereocenters. The highest BCUT2D eigenvalue weighted by Gasteiger charge is 2.08. The van der Waals surface area contributed by atoms with Crippen LogP contribution in [-0.4, -0.2) is 36.1 Å². The molecule has 0 aliphatic heterocycles. The Kier molecular flexibility index (Phi) is 4.43. The third kappa shape index (κ3) is 3.31. The monoisotopic (exact) mass is 222 g/mol. The van der Waals surface area contributed by atoms with Crippen LogP contribution in [0.4, 0.5) is 0 Å². The quantitative estimate of drug-likeness (QED) is 0.727. The first kappa shape index (κ1) is 12.6. The summed E-state index contributed by atoms with van der Waals surface area (Å²) in [7, 11) is 3.41. The van der Waals surface area contributed by atoms with Crippen molar-refractivity contribution in [2.75, 3.05) is 14.2 Å². The summed E-state index contributed by atoms with van der Waals surface area (Å²) in [5, 5.41) is 0. The normalized spacial score (nSPS) is 10.9. The van der Waals surface area contributed by atoms with E-state index in [0.29, 0.717) is 11.6 Å². The molecule has 0 saturated heterocycles. The van der Waals surface area contributed by atoms with Crippen molar-refractivity contribution in [1.82, 2.24) is 9.88 Å². The van der Waals surface area contributed by atoms with Crippen LogP contribution in [0.3, 0.4) is 0 Å². The maximum Gasteiger partial charge on any atom is 0.339 e. The molecule has 16 heavy (non-hydrogen) atoms. The van der Waals surface area contributed by atoms with E-state index in [-0.39, 0.29) is 5.97 Å². The summed E-state index contributed by atoms with van der Waals surface area (Å²) in [5.41, 5.74) is 1.43. The van der Waals surface area contributed by atoms with Gasteiger partial charge in [-0.3, -0.25) is 9.88 Å². The van der Waals surface area contributed by atoms with E-state index < -0.39 is 0 Å². The average Bonchev–Trinajstić information content (AvgIpc) is 2.28. The standard InChI is InChI=1S/C12H18N2O2/c1-9(2)14(3)8-11-6-5-10(7-13-11)12(15)16-4/h5-7,9H,8H2,1-4H3. The van der Waals surface area contributed by atoms with E-state index in [1.807, 2.05) is 13.1 Å². The number of esters is 1. The first-order valence-electron chi connectivity index (χ1n) is 5.28. The van der Waals surface area contributed by atoms with E-state index in [1.165, 1.54) is 7.11 Å². The average molecular weight is 222 g/mol. The predicted octanol–water partition coefficient (Wildman–Crippen LogP) is 1.71. The molecule has 0 atom stereocenters. The zero-order valence-electron chi connectivity index (χ0n) is 10.2. The fourth-order valence-corrected chi connectivity index (χ4v) is 1.19. The molecule has 0 saturated carbocycles. The Morgan fingerprint density at radius 1 is 1.50 bits per heavy atom. The van der Waals surface area contributed by atoms with Crippen molar-refractivity contribution in [1.29, 1.82) is 0 Å². The maximum atomic E-state index is 11.2. The molecule has 1 rings (SSSR count). The molecule has 1 aromatic heterocycles. The van der Waals surface area contributed by atoms with Gasteiger partial charge in [-0.25, -0.2) is 4.79 Å². The lowest BCUT2D eigenvalue weighted by molar-refractivity contribution is 0.0600. The number of rotatable bonds is 4. The molecule has 0 radical (unpaired) electrons. The molecule has 0 amide bonds. The molecule has 0 spiro atoms. The smallest absolute Gasteiger partial charge is 0.339 e. The van der Waals surface area contributed by atoms with Gasteiger partial charge < -0.3 is 4.74 Å². The largest absolute Gasteiger partial charge is 0.465 e. The van der Waals surface area contributed by atoms with Crippen LogP contribution in [-0.2, 0) is 11.3 Å². The van der Waals surface area contributed by atoms with Crippen molar-refractivity contribution < 1.29 is 9.53 Å². The molecular weight excluding hydrogens is 204 g/mol. The number of nitrogens with zero attached hydrogens (tertiary/aromatic N) is 2. The van der Waals surface area contributed by atoms with Crippen molar-refractivity contribution in [3.63, 3.8) is 0 Å². The molecule has 0 fully saturated rings. The van der Waals surface area contributed by atoms with Gasteiger partial charge >= 0.3 is 5.97 Å². The van der Waals surface area contributed by atoms with E-state index in [1.54, 1.807) is 12.3 Å². The summed E-state index contributed by atoms with van der Waals surface area (Å²) in [6.45, 7) is 5.03. The van der Waals surface area contributed by atoms with Gasteiger partial charge in [-0.1, -0.05) is 0 Å². The second kappa shape index (κ2) is 5.61. The molecule has 0 bridgehead atoms. The van der Waals surface area contributed by atoms with Crippen LogP contribution in [0.1, 0.15) is 29.9 Å². The predicted molar refractivity (Wildman–Crippen MR) is 62.2 cm³/mol. The highest BCUT2D eigenvalue weighted by Crippen LogP contribution is 2.06. The fraction of sp³-hybridized carbons (Fsp3) is 0.500. The lowest BCUT2D eigenvalue weighted by Gasteiger charge is -2.20. The summed E-state index contributed by atoms with van der Waals surface area (Å²) < 4.78 is 4.61. The van der Waals surface area contributed by atoms with E-state index in [9.17, 15) is 4.79 Å². The van der Waals surface area contributed by atoms with Gasteiger partial charge in [0, 0.05) is 18.8 Å². The minimum Gasteiger partial charge on any atom is -0.465 e. The molecular formula is C12H18N2O2. The van der Waals surface area contributed by atoms with Gasteiger partial charge in [0.05, 0.1) is 18.4 Å². The molecule has 1 heterocycles. The van der Waals surface area contributed by atoms with Crippen molar-refractivity contribution in [2.45, 2.75) is 26.4 Å². The summed E-state index contributed by atoms with van der Waals surface area (Å²) >= 11 is 0. The Morgan fingerprint density at radius 2 is 2.19 bits per heavy atom. The first-order chi connectivity index (χ1) is 7.54. The Balaban J connectivity index is 2.68. The Hall–Kier alpha value is -1.42.